The predicted molar refractivity (Wildman–Crippen MR) is 406 cm³/mol. The summed E-state index contributed by atoms with van der Waals surface area (Å²) in [5, 5.41) is 7.21. The Morgan fingerprint density at radius 1 is 0.562 bits per heavy atom. The Balaban J connectivity index is 0.000000227. The zero-order valence-corrected chi connectivity index (χ0v) is 66.1. The van der Waals surface area contributed by atoms with Crippen LogP contribution in [0.2, 0.25) is 0 Å². The molecule has 2 unspecified atom stereocenters. The van der Waals surface area contributed by atoms with Crippen molar-refractivity contribution in [3.05, 3.63) is 168 Å². The highest BCUT2D eigenvalue weighted by atomic mass is 32.2. The minimum atomic E-state index is -5.86. The minimum absolute atomic E-state index is 0.0104. The fourth-order valence-corrected chi connectivity index (χ4v) is 13.5. The summed E-state index contributed by atoms with van der Waals surface area (Å²) in [6.07, 6.45) is 10.5. The molecule has 2 atom stereocenters. The molecule has 21 heteroatoms. The number of benzene rings is 6. The zero-order valence-electron chi connectivity index (χ0n) is 64.5. The second-order valence-electron chi connectivity index (χ2n) is 30.3. The molecular weight excluding hydrogens is 1390 g/mol. The van der Waals surface area contributed by atoms with Crippen molar-refractivity contribution >= 4 is 76.6 Å². The van der Waals surface area contributed by atoms with Gasteiger partial charge in [0.05, 0.1) is 32.6 Å². The number of aryl methyl sites for hydroxylation is 1. The van der Waals surface area contributed by atoms with Gasteiger partial charge in [-0.1, -0.05) is 103 Å². The predicted octanol–water partition coefficient (Wildman–Crippen LogP) is 21.1. The van der Waals surface area contributed by atoms with E-state index in [2.05, 4.69) is 90.5 Å². The highest BCUT2D eigenvalue weighted by molar-refractivity contribution is 7.86. The SMILES string of the molecule is CCC(C)(C)C(=O)OC(C)C(F)(F)S(=O)(=O)[O-].CCC(C)(C)C(=O)OC1(C)CCc2cc(F)ccc21.CCC(C)(C)C(=O)Oc1ccc(O)cc1.CCC(C)(C)C(=O)Oc1ccc2c(c1)COC2=O.CCC1(OC(=O)C(C)(C)CC)CCCCCC1.c1ccc(-[s+]2c3ccccc3c3ccccc32)cc1. The quantitative estimate of drug-likeness (QED) is 0.0198. The molecule has 2 aliphatic carbocycles. The highest BCUT2D eigenvalue weighted by Gasteiger charge is 2.48. The van der Waals surface area contributed by atoms with Crippen LogP contribution in [-0.4, -0.2) is 70.9 Å². The number of alkyl halides is 2. The molecule has 105 heavy (non-hydrogen) atoms. The van der Waals surface area contributed by atoms with Gasteiger partial charge in [-0.15, -0.1) is 0 Å². The van der Waals surface area contributed by atoms with Crippen molar-refractivity contribution in [3.8, 4) is 22.1 Å². The lowest BCUT2D eigenvalue weighted by atomic mass is 9.88. The first-order valence-corrected chi connectivity index (χ1v) is 38.9. The third-order valence-corrected chi connectivity index (χ3v) is 23.8. The molecule has 0 bridgehead atoms. The summed E-state index contributed by atoms with van der Waals surface area (Å²) in [6, 6.07) is 44.2. The van der Waals surface area contributed by atoms with Gasteiger partial charge in [0.25, 0.3) is 0 Å². The van der Waals surface area contributed by atoms with Crippen LogP contribution in [0.15, 0.2) is 140 Å². The monoisotopic (exact) mass is 1490 g/mol. The molecule has 574 valence electrons. The van der Waals surface area contributed by atoms with Gasteiger partial charge < -0.3 is 38.1 Å². The molecule has 16 nitrogen and oxygen atoms in total. The Morgan fingerprint density at radius 2 is 1.01 bits per heavy atom. The molecule has 1 saturated carbocycles. The zero-order chi connectivity index (χ0) is 78.7. The van der Waals surface area contributed by atoms with Crippen molar-refractivity contribution in [2.75, 3.05) is 0 Å². The molecule has 0 spiro atoms. The summed E-state index contributed by atoms with van der Waals surface area (Å²) in [5.74, 6) is -1.18. The van der Waals surface area contributed by atoms with Gasteiger partial charge in [0, 0.05) is 26.8 Å². The molecular formula is C84H109F3O16S2. The minimum Gasteiger partial charge on any atom is -0.743 e. The summed E-state index contributed by atoms with van der Waals surface area (Å²) < 4.78 is 104. The van der Waals surface area contributed by atoms with E-state index in [4.69, 9.17) is 28.8 Å². The van der Waals surface area contributed by atoms with E-state index in [1.165, 1.54) is 82.8 Å². The van der Waals surface area contributed by atoms with Crippen LogP contribution in [0.1, 0.15) is 235 Å². The number of thiophene rings is 1. The van der Waals surface area contributed by atoms with Gasteiger partial charge in [-0.2, -0.15) is 8.78 Å². The number of hydrogen-bond acceptors (Lipinski definition) is 16. The molecule has 2 heterocycles. The number of cyclic esters (lactones) is 1. The van der Waals surface area contributed by atoms with E-state index < -0.39 is 54.7 Å². The molecule has 1 aromatic heterocycles. The summed E-state index contributed by atoms with van der Waals surface area (Å²) >= 11 is 0. The largest absolute Gasteiger partial charge is 0.743 e. The fourth-order valence-electron chi connectivity index (χ4n) is 10.6. The number of hydrogen-bond donors (Lipinski definition) is 1. The summed E-state index contributed by atoms with van der Waals surface area (Å²) in [4.78, 5) is 72.1. The van der Waals surface area contributed by atoms with Crippen LogP contribution in [0.3, 0.4) is 0 Å². The molecule has 1 aliphatic heterocycles. The number of esters is 6. The van der Waals surface area contributed by atoms with Gasteiger partial charge in [0.15, 0.2) is 30.5 Å². The number of fused-ring (bicyclic) bond motifs is 5. The Kier molecular flexibility index (Phi) is 30.8. The molecule has 10 rings (SSSR count). The van der Waals surface area contributed by atoms with E-state index in [1.54, 1.807) is 49.4 Å². The van der Waals surface area contributed by atoms with E-state index in [9.17, 15) is 54.9 Å². The van der Waals surface area contributed by atoms with Crippen molar-refractivity contribution in [2.24, 2.45) is 27.1 Å². The second-order valence-corrected chi connectivity index (χ2v) is 33.7. The van der Waals surface area contributed by atoms with E-state index >= 15 is 0 Å². The normalized spacial score (nSPS) is 15.9. The topological polar surface area (TPSA) is 235 Å². The molecule has 0 amide bonds. The van der Waals surface area contributed by atoms with Crippen LogP contribution >= 0.6 is 10.5 Å². The third kappa shape index (κ3) is 23.2. The first-order chi connectivity index (χ1) is 48.9. The van der Waals surface area contributed by atoms with Crippen molar-refractivity contribution in [1.29, 1.82) is 0 Å². The highest BCUT2D eigenvalue weighted by Crippen LogP contribution is 2.48. The van der Waals surface area contributed by atoms with Crippen LogP contribution in [0, 0.1) is 32.9 Å². The van der Waals surface area contributed by atoms with E-state index in [1.807, 2.05) is 90.0 Å². The number of aromatic hydroxyl groups is 1. The summed E-state index contributed by atoms with van der Waals surface area (Å²) in [6.45, 7) is 32.6. The molecule has 3 aliphatic rings. The standard InChI is InChI=1S/C18H13S.C16H21FO2.C15H28O2.C14H16O4.C12H16O3.C9H16F2O5S/c1-2-8-14(9-3-1)19-17-12-6-4-10-15(17)16-11-5-7-13-18(16)19;1-5-15(2,3)14(18)19-16(4)9-8-11-10-12(17)6-7-13(11)16;1-5-14(3,4)13(16)17-15(6-2)11-9-7-8-10-12-15;1-4-14(2,3)13(16)18-10-5-6-11-9(7-10)8-17-12(11)15;1-4-12(2,3)11(14)15-10-7-5-9(13)6-8-10;1-5-8(3,4)7(12)16-6(2)9(10,11)17(13,14)15/h1-13H;6-7,10H,5,8-9H2,1-4H3;5-12H2,1-4H3;5-7H,4,8H2,1-3H3;5-8,13H,4H2,1-3H3;6H,5H2,1-4H3,(H,13,14,15)/q+1;;;;;/p-1. The first kappa shape index (κ1) is 87.5. The Labute approximate surface area is 622 Å². The number of ether oxygens (including phenoxy) is 6. The van der Waals surface area contributed by atoms with Crippen LogP contribution in [0.25, 0.3) is 25.1 Å². The molecule has 1 N–H and O–H groups in total. The average Bonchev–Trinajstić information content (AvgIpc) is 1.61. The lowest BCUT2D eigenvalue weighted by Gasteiger charge is -2.35. The number of phenols is 1. The molecule has 6 aromatic carbocycles. The molecule has 7 aromatic rings. The van der Waals surface area contributed by atoms with Crippen molar-refractivity contribution in [3.63, 3.8) is 0 Å². The van der Waals surface area contributed by atoms with E-state index in [0.717, 1.165) is 68.1 Å². The van der Waals surface area contributed by atoms with Gasteiger partial charge in [0.1, 0.15) is 40.9 Å². The molecule has 1 fully saturated rings. The van der Waals surface area contributed by atoms with Gasteiger partial charge in [-0.05, 0) is 262 Å². The number of phenolic OH excluding ortho intramolecular Hbond substituents is 1. The smallest absolute Gasteiger partial charge is 0.369 e. The fraction of sp³-hybridized carbons (Fsp3) is 0.500. The maximum absolute atomic E-state index is 13.2. The summed E-state index contributed by atoms with van der Waals surface area (Å²) in [7, 11) is -5.80. The van der Waals surface area contributed by atoms with Crippen molar-refractivity contribution in [2.45, 2.75) is 244 Å². The molecule has 0 radical (unpaired) electrons. The second kappa shape index (κ2) is 36.9. The summed E-state index contributed by atoms with van der Waals surface area (Å²) in [5.41, 5.74) is -0.407. The number of halogens is 3. The van der Waals surface area contributed by atoms with Crippen molar-refractivity contribution in [1.82, 2.24) is 0 Å². The lowest BCUT2D eigenvalue weighted by Crippen LogP contribution is -2.44. The average molecular weight is 1500 g/mol. The van der Waals surface area contributed by atoms with Gasteiger partial charge in [-0.3, -0.25) is 24.0 Å². The van der Waals surface area contributed by atoms with Crippen LogP contribution in [0.5, 0.6) is 17.2 Å². The van der Waals surface area contributed by atoms with E-state index in [-0.39, 0.29) is 69.5 Å². The van der Waals surface area contributed by atoms with Crippen LogP contribution in [0.4, 0.5) is 13.2 Å². The Hall–Kier alpha value is -8.14. The van der Waals surface area contributed by atoms with Gasteiger partial charge in [0.2, 0.25) is 0 Å². The number of rotatable bonds is 19. The first-order valence-electron chi connectivity index (χ1n) is 36.3. The maximum atomic E-state index is 13.2. The van der Waals surface area contributed by atoms with Gasteiger partial charge >= 0.3 is 41.1 Å². The van der Waals surface area contributed by atoms with Crippen LogP contribution in [-0.2, 0) is 71.7 Å². The maximum Gasteiger partial charge on any atom is 0.369 e. The lowest BCUT2D eigenvalue weighted by molar-refractivity contribution is -0.173. The van der Waals surface area contributed by atoms with Gasteiger partial charge in [-0.25, -0.2) is 17.6 Å². The van der Waals surface area contributed by atoms with Crippen molar-refractivity contribution < 1.29 is 88.4 Å². The number of carbonyl (C=O) groups is 6. The molecule has 0 saturated heterocycles. The Morgan fingerprint density at radius 3 is 1.50 bits per heavy atom. The Bertz CT molecular complexity index is 4150. The third-order valence-electron chi connectivity index (χ3n) is 20.5. The number of carbonyl (C=O) groups excluding carboxylic acids is 6. The van der Waals surface area contributed by atoms with Crippen LogP contribution < -0.4 is 9.47 Å². The van der Waals surface area contributed by atoms with E-state index in [0.29, 0.717) is 36.8 Å².